The van der Waals surface area contributed by atoms with Gasteiger partial charge in [0.2, 0.25) is 4.77 Å². The summed E-state index contributed by atoms with van der Waals surface area (Å²) in [4.78, 5) is 0. The minimum Gasteiger partial charge on any atom is -0.375 e. The van der Waals surface area contributed by atoms with E-state index in [-0.39, 0.29) is 17.3 Å². The molecule has 1 aromatic carbocycles. The molecule has 2 aliphatic rings. The molecule has 9 nitrogen and oxygen atoms in total. The second-order valence-corrected chi connectivity index (χ2v) is 7.86. The molecular weight excluding hydrogens is 398 g/mol. The predicted molar refractivity (Wildman–Crippen MR) is 110 cm³/mol. The Labute approximate surface area is 172 Å². The van der Waals surface area contributed by atoms with E-state index < -0.39 is 6.29 Å². The minimum atomic E-state index is -0.506. The number of hydrazone groups is 1. The van der Waals surface area contributed by atoms with Gasteiger partial charge in [0.1, 0.15) is 6.10 Å². The van der Waals surface area contributed by atoms with Crippen LogP contribution in [-0.4, -0.2) is 49.6 Å². The number of nitrogens with one attached hydrogen (secondary N) is 1. The third-order valence-electron chi connectivity index (χ3n) is 4.90. The monoisotopic (exact) mass is 419 g/mol. The zero-order chi connectivity index (χ0) is 20.0. The van der Waals surface area contributed by atoms with Gasteiger partial charge in [-0.2, -0.15) is 9.78 Å². The molecule has 0 spiro atoms. The summed E-state index contributed by atoms with van der Waals surface area (Å²) in [6.07, 6.45) is -0.135. The van der Waals surface area contributed by atoms with E-state index in [2.05, 4.69) is 40.0 Å². The Balaban J connectivity index is 1.71. The van der Waals surface area contributed by atoms with E-state index in [0.29, 0.717) is 23.5 Å². The van der Waals surface area contributed by atoms with Gasteiger partial charge in [-0.1, -0.05) is 17.7 Å². The number of thiocarbonyl (C=S) groups is 1. The van der Waals surface area contributed by atoms with Gasteiger partial charge in [-0.05, 0) is 66.8 Å². The van der Waals surface area contributed by atoms with Gasteiger partial charge in [-0.15, -0.1) is 0 Å². The van der Waals surface area contributed by atoms with Gasteiger partial charge in [0.15, 0.2) is 11.4 Å². The number of aromatic nitrogens is 4. The Morgan fingerprint density at radius 1 is 1.29 bits per heavy atom. The molecule has 148 valence electrons. The number of aryl methyl sites for hydroxylation is 3. The van der Waals surface area contributed by atoms with Gasteiger partial charge >= 0.3 is 0 Å². The van der Waals surface area contributed by atoms with Crippen LogP contribution in [0, 0.1) is 25.5 Å². The van der Waals surface area contributed by atoms with Crippen molar-refractivity contribution in [2.75, 3.05) is 6.61 Å². The van der Waals surface area contributed by atoms with E-state index >= 15 is 0 Å². The number of nitrogens with zero attached hydrogens (tertiary/aromatic N) is 5. The van der Waals surface area contributed by atoms with Gasteiger partial charge in [0, 0.05) is 6.42 Å². The summed E-state index contributed by atoms with van der Waals surface area (Å²) in [5.74, 6) is 0. The molecule has 3 N–H and O–H groups in total. The van der Waals surface area contributed by atoms with Crippen LogP contribution in [0.5, 0.6) is 0 Å². The normalized spacial score (nSPS) is 25.2. The van der Waals surface area contributed by atoms with Gasteiger partial charge in [-0.3, -0.25) is 5.43 Å². The first-order valence-electron chi connectivity index (χ1n) is 8.87. The smallest absolute Gasteiger partial charge is 0.221 e. The molecule has 2 saturated heterocycles. The molecule has 3 heterocycles. The summed E-state index contributed by atoms with van der Waals surface area (Å²) in [6, 6.07) is 4.03. The number of hydrogen-bond donors (Lipinski definition) is 2. The summed E-state index contributed by atoms with van der Waals surface area (Å²) in [6.45, 7) is 6.58. The molecule has 0 radical (unpaired) electrons. The van der Waals surface area contributed by atoms with Crippen LogP contribution < -0.4 is 11.2 Å². The summed E-state index contributed by atoms with van der Waals surface area (Å²) < 4.78 is 15.5. The van der Waals surface area contributed by atoms with Crippen LogP contribution in [-0.2, 0) is 9.47 Å². The third kappa shape index (κ3) is 3.34. The van der Waals surface area contributed by atoms with E-state index in [1.165, 1.54) is 5.56 Å². The lowest BCUT2D eigenvalue weighted by atomic mass is 10.0. The van der Waals surface area contributed by atoms with Crippen molar-refractivity contribution < 1.29 is 9.47 Å². The average molecular weight is 420 g/mol. The van der Waals surface area contributed by atoms with Crippen LogP contribution in [0.2, 0.25) is 0 Å². The lowest BCUT2D eigenvalue weighted by Crippen LogP contribution is -2.39. The molecule has 2 aliphatic heterocycles. The second kappa shape index (κ2) is 7.32. The number of ether oxygens (including phenoxy) is 2. The summed E-state index contributed by atoms with van der Waals surface area (Å²) in [5.41, 5.74) is 13.0. The topological polar surface area (TPSA) is 105 Å². The maximum absolute atomic E-state index is 5.92. The fourth-order valence-electron chi connectivity index (χ4n) is 3.82. The number of rotatable bonds is 3. The third-order valence-corrected chi connectivity index (χ3v) is 5.36. The van der Waals surface area contributed by atoms with Crippen molar-refractivity contribution in [3.8, 4) is 5.69 Å². The van der Waals surface area contributed by atoms with Crippen LogP contribution in [0.4, 0.5) is 0 Å². The van der Waals surface area contributed by atoms with Crippen LogP contribution in [0.1, 0.15) is 29.2 Å². The van der Waals surface area contributed by atoms with E-state index in [0.717, 1.165) is 16.8 Å². The highest BCUT2D eigenvalue weighted by atomic mass is 32.1. The lowest BCUT2D eigenvalue weighted by molar-refractivity contribution is -0.0324. The fraction of sp³-hybridized carbons (Fsp3) is 0.471. The summed E-state index contributed by atoms with van der Waals surface area (Å²) in [7, 11) is 0. The quantitative estimate of drug-likeness (QED) is 0.571. The van der Waals surface area contributed by atoms with Gasteiger partial charge in [-0.25, -0.2) is 4.68 Å². The van der Waals surface area contributed by atoms with Crippen molar-refractivity contribution in [2.24, 2.45) is 10.8 Å². The van der Waals surface area contributed by atoms with Crippen LogP contribution in [0.3, 0.4) is 0 Å². The standard InChI is InChI=1S/C17H21N7O2S2/c1-8-4-9(2)14(10(3)5-8)24-17(28)23(21-22-24)12-6-11(19-20-16(18)27)15-25-7-13(12)26-15/h4-5,12-13,15H,6-7H2,1-3H3,(H3,18,20,27)/b19-11-/t12-,13+,15+/m1/s1. The first kappa shape index (κ1) is 19.1. The van der Waals surface area contributed by atoms with E-state index in [1.54, 1.807) is 9.36 Å². The Morgan fingerprint density at radius 3 is 2.68 bits per heavy atom. The molecule has 0 amide bonds. The molecule has 28 heavy (non-hydrogen) atoms. The summed E-state index contributed by atoms with van der Waals surface area (Å²) >= 11 is 10.5. The second-order valence-electron chi connectivity index (χ2n) is 7.06. The highest BCUT2D eigenvalue weighted by molar-refractivity contribution is 7.80. The SMILES string of the molecule is Cc1cc(C)c(-n2nnn([C@@H]3C/C(=N/NC(N)=S)[C@H]4OC[C@@H]3O4)c2=S)c(C)c1. The molecule has 11 heteroatoms. The highest BCUT2D eigenvalue weighted by Crippen LogP contribution is 2.33. The Morgan fingerprint density at radius 2 is 2.00 bits per heavy atom. The molecule has 3 atom stereocenters. The Hall–Kier alpha value is -2.21. The zero-order valence-corrected chi connectivity index (χ0v) is 17.4. The van der Waals surface area contributed by atoms with Gasteiger partial charge < -0.3 is 15.2 Å². The molecule has 0 unspecified atom stereocenters. The first-order chi connectivity index (χ1) is 13.3. The minimum absolute atomic E-state index is 0.0806. The van der Waals surface area contributed by atoms with Crippen molar-refractivity contribution in [3.05, 3.63) is 33.6 Å². The molecule has 2 aromatic rings. The lowest BCUT2D eigenvalue weighted by Gasteiger charge is -2.27. The van der Waals surface area contributed by atoms with E-state index in [9.17, 15) is 0 Å². The average Bonchev–Trinajstić information content (AvgIpc) is 3.19. The molecule has 0 aliphatic carbocycles. The highest BCUT2D eigenvalue weighted by Gasteiger charge is 2.44. The number of tetrazole rings is 1. The van der Waals surface area contributed by atoms with Crippen LogP contribution in [0.15, 0.2) is 17.2 Å². The van der Waals surface area contributed by atoms with Crippen molar-refractivity contribution in [2.45, 2.75) is 45.6 Å². The van der Waals surface area contributed by atoms with Crippen molar-refractivity contribution in [1.29, 1.82) is 0 Å². The molecule has 4 rings (SSSR count). The van der Waals surface area contributed by atoms with Gasteiger partial charge in [0.05, 0.1) is 24.0 Å². The maximum atomic E-state index is 5.92. The molecular formula is C17H21N7O2S2. The van der Waals surface area contributed by atoms with Crippen molar-refractivity contribution >= 4 is 35.3 Å². The van der Waals surface area contributed by atoms with E-state index in [1.807, 2.05) is 13.8 Å². The Kier molecular flexibility index (Phi) is 5.00. The number of hydrogen-bond acceptors (Lipinski definition) is 7. The van der Waals surface area contributed by atoms with Gasteiger partial charge in [0.25, 0.3) is 0 Å². The number of benzene rings is 1. The fourth-order valence-corrected chi connectivity index (χ4v) is 4.16. The molecule has 1 aromatic heterocycles. The van der Waals surface area contributed by atoms with Crippen molar-refractivity contribution in [1.82, 2.24) is 25.2 Å². The van der Waals surface area contributed by atoms with Crippen LogP contribution >= 0.6 is 24.4 Å². The molecule has 2 fully saturated rings. The van der Waals surface area contributed by atoms with Crippen molar-refractivity contribution in [3.63, 3.8) is 0 Å². The predicted octanol–water partition coefficient (Wildman–Crippen LogP) is 1.60. The number of nitrogens with two attached hydrogens (primary N) is 1. The van der Waals surface area contributed by atoms with Crippen LogP contribution in [0.25, 0.3) is 5.69 Å². The Bertz CT molecular complexity index is 1010. The largest absolute Gasteiger partial charge is 0.375 e. The number of fused-ring (bicyclic) bond motifs is 2. The maximum Gasteiger partial charge on any atom is 0.221 e. The summed E-state index contributed by atoms with van der Waals surface area (Å²) in [5, 5.41) is 13.0. The van der Waals surface area contributed by atoms with E-state index in [4.69, 9.17) is 39.6 Å². The first-order valence-corrected chi connectivity index (χ1v) is 9.68. The molecule has 0 saturated carbocycles. The molecule has 2 bridgehead atoms. The zero-order valence-electron chi connectivity index (χ0n) is 15.7.